The standard InChI is InChI=1S/C14H29N3O.2ClH/c1-3-5-7-12(11-15)16-14(18)13-8-6-10-17(13)9-4-2;;/h12-13H,3-11,15H2,1-2H3,(H,16,18);2*1H. The molecule has 3 N–H and O–H groups in total. The number of halogens is 2. The van der Waals surface area contributed by atoms with Gasteiger partial charge in [0.25, 0.3) is 0 Å². The van der Waals surface area contributed by atoms with Crippen molar-refractivity contribution in [2.24, 2.45) is 5.73 Å². The van der Waals surface area contributed by atoms with E-state index in [4.69, 9.17) is 5.73 Å². The summed E-state index contributed by atoms with van der Waals surface area (Å²) in [6.07, 6.45) is 6.53. The van der Waals surface area contributed by atoms with Crippen molar-refractivity contribution < 1.29 is 4.79 Å². The topological polar surface area (TPSA) is 58.4 Å². The Morgan fingerprint density at radius 2 is 2.05 bits per heavy atom. The van der Waals surface area contributed by atoms with Crippen LogP contribution in [0.25, 0.3) is 0 Å². The molecule has 0 bridgehead atoms. The van der Waals surface area contributed by atoms with E-state index >= 15 is 0 Å². The van der Waals surface area contributed by atoms with Crippen molar-refractivity contribution in [3.63, 3.8) is 0 Å². The molecule has 1 rings (SSSR count). The second kappa shape index (κ2) is 12.7. The van der Waals surface area contributed by atoms with Gasteiger partial charge in [0.15, 0.2) is 0 Å². The first-order chi connectivity index (χ1) is 8.72. The summed E-state index contributed by atoms with van der Waals surface area (Å²) in [4.78, 5) is 14.6. The predicted octanol–water partition coefficient (Wildman–Crippen LogP) is 2.34. The van der Waals surface area contributed by atoms with Crippen molar-refractivity contribution >= 4 is 30.7 Å². The Hall–Kier alpha value is -0.0300. The van der Waals surface area contributed by atoms with Crippen molar-refractivity contribution in [1.29, 1.82) is 0 Å². The molecule has 0 saturated carbocycles. The Balaban J connectivity index is 0. The molecule has 1 amide bonds. The number of hydrogen-bond acceptors (Lipinski definition) is 3. The molecule has 0 aromatic carbocycles. The van der Waals surface area contributed by atoms with Gasteiger partial charge in [0.05, 0.1) is 6.04 Å². The minimum Gasteiger partial charge on any atom is -0.351 e. The lowest BCUT2D eigenvalue weighted by atomic mass is 10.1. The van der Waals surface area contributed by atoms with Gasteiger partial charge in [0.2, 0.25) is 5.91 Å². The molecule has 0 aromatic heterocycles. The maximum atomic E-state index is 12.3. The normalized spacial score (nSPS) is 19.9. The molecule has 0 spiro atoms. The second-order valence-corrected chi connectivity index (χ2v) is 5.28. The van der Waals surface area contributed by atoms with Crippen LogP contribution in [0.5, 0.6) is 0 Å². The lowest BCUT2D eigenvalue weighted by molar-refractivity contribution is -0.126. The van der Waals surface area contributed by atoms with Crippen LogP contribution < -0.4 is 11.1 Å². The zero-order valence-electron chi connectivity index (χ0n) is 12.8. The van der Waals surface area contributed by atoms with Gasteiger partial charge in [0.1, 0.15) is 0 Å². The molecule has 1 heterocycles. The third kappa shape index (κ3) is 7.11. The average Bonchev–Trinajstić information content (AvgIpc) is 2.83. The first kappa shape index (κ1) is 22.3. The van der Waals surface area contributed by atoms with Crippen molar-refractivity contribution in [2.75, 3.05) is 19.6 Å². The van der Waals surface area contributed by atoms with E-state index in [-0.39, 0.29) is 42.8 Å². The van der Waals surface area contributed by atoms with E-state index in [9.17, 15) is 4.79 Å². The fourth-order valence-electron chi connectivity index (χ4n) is 2.67. The molecule has 1 aliphatic rings. The van der Waals surface area contributed by atoms with E-state index in [0.717, 1.165) is 51.6 Å². The maximum Gasteiger partial charge on any atom is 0.237 e. The van der Waals surface area contributed by atoms with Gasteiger partial charge in [-0.2, -0.15) is 0 Å². The molecular weight excluding hydrogens is 297 g/mol. The quantitative estimate of drug-likeness (QED) is 0.719. The van der Waals surface area contributed by atoms with Crippen LogP contribution in [-0.4, -0.2) is 42.5 Å². The molecule has 1 saturated heterocycles. The molecule has 122 valence electrons. The van der Waals surface area contributed by atoms with Crippen LogP contribution in [0.3, 0.4) is 0 Å². The predicted molar refractivity (Wildman–Crippen MR) is 89.9 cm³/mol. The van der Waals surface area contributed by atoms with Gasteiger partial charge in [-0.3, -0.25) is 9.69 Å². The summed E-state index contributed by atoms with van der Waals surface area (Å²) in [5.74, 6) is 0.188. The monoisotopic (exact) mass is 327 g/mol. The van der Waals surface area contributed by atoms with Gasteiger partial charge in [-0.25, -0.2) is 0 Å². The number of unbranched alkanes of at least 4 members (excludes halogenated alkanes) is 1. The van der Waals surface area contributed by atoms with Crippen LogP contribution in [0.2, 0.25) is 0 Å². The van der Waals surface area contributed by atoms with Gasteiger partial charge < -0.3 is 11.1 Å². The number of hydrogen-bond donors (Lipinski definition) is 2. The highest BCUT2D eigenvalue weighted by atomic mass is 35.5. The minimum absolute atomic E-state index is 0. The number of rotatable bonds is 8. The Morgan fingerprint density at radius 3 is 2.60 bits per heavy atom. The van der Waals surface area contributed by atoms with Crippen molar-refractivity contribution in [3.05, 3.63) is 0 Å². The highest BCUT2D eigenvalue weighted by Gasteiger charge is 2.30. The third-order valence-corrected chi connectivity index (χ3v) is 3.71. The van der Waals surface area contributed by atoms with Gasteiger partial charge in [-0.1, -0.05) is 26.7 Å². The van der Waals surface area contributed by atoms with Crippen LogP contribution in [0.15, 0.2) is 0 Å². The number of amides is 1. The molecule has 1 fully saturated rings. The van der Waals surface area contributed by atoms with Crippen molar-refractivity contribution in [2.45, 2.75) is 64.5 Å². The summed E-state index contributed by atoms with van der Waals surface area (Å²) in [6.45, 7) is 6.97. The number of nitrogens with zero attached hydrogens (tertiary/aromatic N) is 1. The lowest BCUT2D eigenvalue weighted by Gasteiger charge is -2.25. The molecule has 1 aliphatic heterocycles. The zero-order chi connectivity index (χ0) is 13.4. The van der Waals surface area contributed by atoms with Crippen LogP contribution >= 0.6 is 24.8 Å². The third-order valence-electron chi connectivity index (χ3n) is 3.71. The molecule has 6 heteroatoms. The van der Waals surface area contributed by atoms with Crippen molar-refractivity contribution in [1.82, 2.24) is 10.2 Å². The molecule has 4 nitrogen and oxygen atoms in total. The first-order valence-electron chi connectivity index (χ1n) is 7.47. The summed E-state index contributed by atoms with van der Waals surface area (Å²) in [6, 6.07) is 0.238. The molecule has 2 unspecified atom stereocenters. The van der Waals surface area contributed by atoms with E-state index in [1.54, 1.807) is 0 Å². The van der Waals surface area contributed by atoms with Crippen LogP contribution in [-0.2, 0) is 4.79 Å². The SMILES string of the molecule is CCCCC(CN)NC(=O)C1CCCN1CCC.Cl.Cl. The van der Waals surface area contributed by atoms with E-state index < -0.39 is 0 Å². The van der Waals surface area contributed by atoms with E-state index in [1.807, 2.05) is 0 Å². The highest BCUT2D eigenvalue weighted by Crippen LogP contribution is 2.17. The van der Waals surface area contributed by atoms with Crippen molar-refractivity contribution in [3.8, 4) is 0 Å². The summed E-state index contributed by atoms with van der Waals surface area (Å²) >= 11 is 0. The van der Waals surface area contributed by atoms with Crippen LogP contribution in [0.1, 0.15) is 52.4 Å². The Kier molecular flexibility index (Phi) is 14.1. The van der Waals surface area contributed by atoms with Gasteiger partial charge in [0, 0.05) is 12.6 Å². The van der Waals surface area contributed by atoms with E-state index in [1.165, 1.54) is 0 Å². The van der Waals surface area contributed by atoms with Gasteiger partial charge >= 0.3 is 0 Å². The van der Waals surface area contributed by atoms with Gasteiger partial charge in [-0.15, -0.1) is 24.8 Å². The fraction of sp³-hybridized carbons (Fsp3) is 0.929. The molecule has 0 aliphatic carbocycles. The Morgan fingerprint density at radius 1 is 1.35 bits per heavy atom. The summed E-state index contributed by atoms with van der Waals surface area (Å²) in [7, 11) is 0. The largest absolute Gasteiger partial charge is 0.351 e. The first-order valence-corrected chi connectivity index (χ1v) is 7.47. The lowest BCUT2D eigenvalue weighted by Crippen LogP contribution is -2.49. The molecule has 0 radical (unpaired) electrons. The summed E-state index contributed by atoms with van der Waals surface area (Å²) in [5, 5.41) is 3.13. The average molecular weight is 328 g/mol. The number of likely N-dealkylation sites (tertiary alicyclic amines) is 1. The molecule has 0 aromatic rings. The molecule has 20 heavy (non-hydrogen) atoms. The van der Waals surface area contributed by atoms with Gasteiger partial charge in [-0.05, 0) is 38.8 Å². The number of nitrogens with one attached hydrogen (secondary N) is 1. The highest BCUT2D eigenvalue weighted by molar-refractivity contribution is 5.85. The maximum absolute atomic E-state index is 12.3. The number of carbonyl (C=O) groups is 1. The smallest absolute Gasteiger partial charge is 0.237 e. The number of carbonyl (C=O) groups excluding carboxylic acids is 1. The Labute approximate surface area is 136 Å². The minimum atomic E-state index is 0. The van der Waals surface area contributed by atoms with E-state index in [0.29, 0.717) is 6.54 Å². The molecule has 2 atom stereocenters. The molecular formula is C14H31Cl2N3O. The van der Waals surface area contributed by atoms with Crippen LogP contribution in [0.4, 0.5) is 0 Å². The zero-order valence-corrected chi connectivity index (χ0v) is 14.4. The summed E-state index contributed by atoms with van der Waals surface area (Å²) < 4.78 is 0. The number of nitrogens with two attached hydrogens (primary N) is 1. The van der Waals surface area contributed by atoms with E-state index in [2.05, 4.69) is 24.1 Å². The second-order valence-electron chi connectivity index (χ2n) is 5.28. The fourth-order valence-corrected chi connectivity index (χ4v) is 2.67. The summed E-state index contributed by atoms with van der Waals surface area (Å²) in [5.41, 5.74) is 5.73. The Bertz CT molecular complexity index is 255. The van der Waals surface area contributed by atoms with Crippen LogP contribution in [0, 0.1) is 0 Å².